The molecule has 3 nitrogen and oxygen atoms in total. The number of benzene rings is 1. The molecule has 1 aliphatic heterocycles. The predicted octanol–water partition coefficient (Wildman–Crippen LogP) is 4.35. The van der Waals surface area contributed by atoms with Crippen LogP contribution in [0.25, 0.3) is 0 Å². The maximum Gasteiger partial charge on any atom is 0.162 e. The Morgan fingerprint density at radius 2 is 1.85 bits per heavy atom. The summed E-state index contributed by atoms with van der Waals surface area (Å²) in [6.45, 7) is 1.20. The number of rotatable bonds is 3. The zero-order valence-electron chi connectivity index (χ0n) is 10.8. The molecule has 0 radical (unpaired) electrons. The molecular formula is C14H13Br2NO2S. The van der Waals surface area contributed by atoms with E-state index in [-0.39, 0.29) is 6.04 Å². The Labute approximate surface area is 138 Å². The highest BCUT2D eigenvalue weighted by Crippen LogP contribution is 2.41. The highest BCUT2D eigenvalue weighted by molar-refractivity contribution is 9.10. The van der Waals surface area contributed by atoms with Gasteiger partial charge in [0, 0.05) is 13.8 Å². The minimum absolute atomic E-state index is 0.106. The average molecular weight is 419 g/mol. The minimum atomic E-state index is 0.106. The van der Waals surface area contributed by atoms with Crippen molar-refractivity contribution in [3.05, 3.63) is 43.0 Å². The molecule has 2 aromatic rings. The number of nitrogens with one attached hydrogen (secondary N) is 1. The van der Waals surface area contributed by atoms with Crippen LogP contribution in [-0.2, 0) is 0 Å². The van der Waals surface area contributed by atoms with Crippen molar-refractivity contribution in [3.8, 4) is 11.5 Å². The van der Waals surface area contributed by atoms with Crippen molar-refractivity contribution in [2.75, 3.05) is 20.3 Å². The quantitative estimate of drug-likeness (QED) is 0.803. The fourth-order valence-electron chi connectivity index (χ4n) is 2.24. The van der Waals surface area contributed by atoms with Crippen molar-refractivity contribution >= 4 is 43.2 Å². The molecule has 20 heavy (non-hydrogen) atoms. The lowest BCUT2D eigenvalue weighted by molar-refractivity contribution is 0.171. The number of fused-ring (bicyclic) bond motifs is 1. The van der Waals surface area contributed by atoms with Gasteiger partial charge in [0.15, 0.2) is 11.5 Å². The molecule has 1 aromatic carbocycles. The highest BCUT2D eigenvalue weighted by Gasteiger charge is 2.22. The van der Waals surface area contributed by atoms with E-state index >= 15 is 0 Å². The molecule has 106 valence electrons. The van der Waals surface area contributed by atoms with Crippen LogP contribution in [0.3, 0.4) is 0 Å². The molecule has 6 heteroatoms. The first-order valence-corrected chi connectivity index (χ1v) is 8.66. The van der Waals surface area contributed by atoms with Gasteiger partial charge in [-0.25, -0.2) is 0 Å². The summed E-state index contributed by atoms with van der Waals surface area (Å²) in [5, 5.41) is 5.44. The smallest absolute Gasteiger partial charge is 0.162 e. The topological polar surface area (TPSA) is 30.5 Å². The van der Waals surface area contributed by atoms with Gasteiger partial charge in [0.25, 0.3) is 0 Å². The molecule has 2 heterocycles. The van der Waals surface area contributed by atoms with E-state index < -0.39 is 0 Å². The molecule has 3 rings (SSSR count). The second-order valence-corrected chi connectivity index (χ2v) is 7.03. The minimum Gasteiger partial charge on any atom is -0.486 e. The van der Waals surface area contributed by atoms with Crippen molar-refractivity contribution in [1.82, 2.24) is 5.32 Å². The van der Waals surface area contributed by atoms with E-state index in [0.717, 1.165) is 26.0 Å². The molecule has 0 fully saturated rings. The Hall–Kier alpha value is -0.560. The monoisotopic (exact) mass is 417 g/mol. The molecule has 0 bridgehead atoms. The maximum absolute atomic E-state index is 5.68. The third-order valence-corrected chi connectivity index (χ3v) is 5.79. The van der Waals surface area contributed by atoms with Crippen LogP contribution in [0, 0.1) is 0 Å². The van der Waals surface area contributed by atoms with Crippen LogP contribution in [0.2, 0.25) is 0 Å². The van der Waals surface area contributed by atoms with E-state index in [1.807, 2.05) is 19.2 Å². The van der Waals surface area contributed by atoms with Crippen molar-refractivity contribution in [3.63, 3.8) is 0 Å². The van der Waals surface area contributed by atoms with Gasteiger partial charge < -0.3 is 14.8 Å². The lowest BCUT2D eigenvalue weighted by Crippen LogP contribution is -2.19. The van der Waals surface area contributed by atoms with Crippen LogP contribution in [0.15, 0.2) is 32.5 Å². The second kappa shape index (κ2) is 6.05. The lowest BCUT2D eigenvalue weighted by atomic mass is 10.0. The number of hydrogen-bond acceptors (Lipinski definition) is 4. The zero-order chi connectivity index (χ0) is 14.1. The van der Waals surface area contributed by atoms with Crippen molar-refractivity contribution in [2.24, 2.45) is 0 Å². The van der Waals surface area contributed by atoms with E-state index in [1.54, 1.807) is 11.3 Å². The Morgan fingerprint density at radius 1 is 1.15 bits per heavy atom. The maximum atomic E-state index is 5.68. The van der Waals surface area contributed by atoms with Gasteiger partial charge in [0.1, 0.15) is 13.2 Å². The molecule has 0 aliphatic carbocycles. The first-order chi connectivity index (χ1) is 9.70. The standard InChI is InChI=1S/C14H13Br2NO2S/c1-17-13(14-9(15)2-5-20-14)8-6-11-12(7-10(8)16)19-4-3-18-11/h2,5-7,13,17H,3-4H2,1H3. The van der Waals surface area contributed by atoms with Gasteiger partial charge in [-0.15, -0.1) is 11.3 Å². The number of thiophene rings is 1. The van der Waals surface area contributed by atoms with Crippen LogP contribution < -0.4 is 14.8 Å². The fraction of sp³-hybridized carbons (Fsp3) is 0.286. The average Bonchev–Trinajstić information content (AvgIpc) is 2.87. The van der Waals surface area contributed by atoms with E-state index in [2.05, 4.69) is 48.6 Å². The molecule has 1 aliphatic rings. The molecule has 1 aromatic heterocycles. The highest BCUT2D eigenvalue weighted by atomic mass is 79.9. The zero-order valence-corrected chi connectivity index (χ0v) is 14.8. The van der Waals surface area contributed by atoms with Crippen LogP contribution in [0.5, 0.6) is 11.5 Å². The number of hydrogen-bond donors (Lipinski definition) is 1. The molecular weight excluding hydrogens is 406 g/mol. The Bertz CT molecular complexity index is 630. The van der Waals surface area contributed by atoms with Crippen LogP contribution >= 0.6 is 43.2 Å². The van der Waals surface area contributed by atoms with E-state index in [4.69, 9.17) is 9.47 Å². The van der Waals surface area contributed by atoms with Crippen molar-refractivity contribution in [2.45, 2.75) is 6.04 Å². The molecule has 1 unspecified atom stereocenters. The summed E-state index contributed by atoms with van der Waals surface area (Å²) < 4.78 is 13.4. The Kier molecular flexibility index (Phi) is 4.35. The van der Waals surface area contributed by atoms with Gasteiger partial charge in [-0.05, 0) is 52.1 Å². The third kappa shape index (κ3) is 2.62. The molecule has 0 saturated carbocycles. The Balaban J connectivity index is 2.06. The van der Waals surface area contributed by atoms with Crippen molar-refractivity contribution in [1.29, 1.82) is 0 Å². The van der Waals surface area contributed by atoms with Crippen molar-refractivity contribution < 1.29 is 9.47 Å². The van der Waals surface area contributed by atoms with Crippen LogP contribution in [0.4, 0.5) is 0 Å². The summed E-state index contributed by atoms with van der Waals surface area (Å²) in [7, 11) is 1.96. The third-order valence-electron chi connectivity index (χ3n) is 3.17. The predicted molar refractivity (Wildman–Crippen MR) is 88.1 cm³/mol. The van der Waals surface area contributed by atoms with Gasteiger partial charge >= 0.3 is 0 Å². The van der Waals surface area contributed by atoms with Gasteiger partial charge in [-0.3, -0.25) is 0 Å². The fourth-order valence-corrected chi connectivity index (χ4v) is 4.52. The normalized spacial score (nSPS) is 15.2. The van der Waals surface area contributed by atoms with Crippen LogP contribution in [-0.4, -0.2) is 20.3 Å². The molecule has 1 N–H and O–H groups in total. The van der Waals surface area contributed by atoms with Crippen LogP contribution in [0.1, 0.15) is 16.5 Å². The first kappa shape index (κ1) is 14.4. The lowest BCUT2D eigenvalue weighted by Gasteiger charge is -2.23. The largest absolute Gasteiger partial charge is 0.486 e. The first-order valence-electron chi connectivity index (χ1n) is 6.20. The summed E-state index contributed by atoms with van der Waals surface area (Å²) in [4.78, 5) is 1.24. The molecule has 0 spiro atoms. The molecule has 0 amide bonds. The summed E-state index contributed by atoms with van der Waals surface area (Å²) in [6, 6.07) is 6.20. The van der Waals surface area contributed by atoms with E-state index in [9.17, 15) is 0 Å². The summed E-state index contributed by atoms with van der Waals surface area (Å²) in [5.74, 6) is 1.61. The summed E-state index contributed by atoms with van der Waals surface area (Å²) in [5.41, 5.74) is 1.14. The van der Waals surface area contributed by atoms with Gasteiger partial charge in [-0.1, -0.05) is 15.9 Å². The Morgan fingerprint density at radius 3 is 2.45 bits per heavy atom. The summed E-state index contributed by atoms with van der Waals surface area (Å²) in [6.07, 6.45) is 0. The molecule has 0 saturated heterocycles. The SMILES string of the molecule is CNC(c1cc2c(cc1Br)OCCO2)c1sccc1Br. The number of ether oxygens (including phenoxy) is 2. The van der Waals surface area contributed by atoms with Gasteiger partial charge in [-0.2, -0.15) is 0 Å². The van der Waals surface area contributed by atoms with E-state index in [0.29, 0.717) is 13.2 Å². The molecule has 1 atom stereocenters. The van der Waals surface area contributed by atoms with Gasteiger partial charge in [0.2, 0.25) is 0 Å². The van der Waals surface area contributed by atoms with Gasteiger partial charge in [0.05, 0.1) is 6.04 Å². The summed E-state index contributed by atoms with van der Waals surface area (Å²) >= 11 is 8.97. The second-order valence-electron chi connectivity index (χ2n) is 4.37. The number of halogens is 2. The van der Waals surface area contributed by atoms with E-state index in [1.165, 1.54) is 4.88 Å².